The first-order chi connectivity index (χ1) is 16.1. The van der Waals surface area contributed by atoms with E-state index < -0.39 is 0 Å². The van der Waals surface area contributed by atoms with Crippen LogP contribution in [0.5, 0.6) is 0 Å². The van der Waals surface area contributed by atoms with E-state index in [4.69, 9.17) is 4.74 Å². The summed E-state index contributed by atoms with van der Waals surface area (Å²) in [5, 5.41) is 3.18. The van der Waals surface area contributed by atoms with Crippen molar-refractivity contribution in [3.63, 3.8) is 0 Å². The molecule has 2 aromatic rings. The van der Waals surface area contributed by atoms with Gasteiger partial charge in [-0.2, -0.15) is 0 Å². The second-order valence-corrected chi connectivity index (χ2v) is 9.25. The number of carbonyl (C=O) groups excluding carboxylic acids is 2. The van der Waals surface area contributed by atoms with Gasteiger partial charge in [-0.15, -0.1) is 0 Å². The normalized spacial score (nSPS) is 20.1. The van der Waals surface area contributed by atoms with Gasteiger partial charge in [0.05, 0.1) is 12.5 Å². The molecule has 2 atom stereocenters. The van der Waals surface area contributed by atoms with E-state index in [1.807, 2.05) is 40.1 Å². The third-order valence-electron chi connectivity index (χ3n) is 6.59. The minimum absolute atomic E-state index is 0.0106. The molecule has 4 rings (SSSR count). The first-order valence-corrected chi connectivity index (χ1v) is 12.1. The van der Waals surface area contributed by atoms with Gasteiger partial charge in [-0.25, -0.2) is 4.79 Å². The highest BCUT2D eigenvalue weighted by Gasteiger charge is 2.29. The maximum Gasteiger partial charge on any atom is 0.317 e. The smallest absolute Gasteiger partial charge is 0.317 e. The molecule has 2 unspecified atom stereocenters. The van der Waals surface area contributed by atoms with Gasteiger partial charge in [0, 0.05) is 38.8 Å². The van der Waals surface area contributed by atoms with Gasteiger partial charge < -0.3 is 19.9 Å². The molecule has 6 heteroatoms. The van der Waals surface area contributed by atoms with Crippen LogP contribution < -0.4 is 5.32 Å². The second-order valence-electron chi connectivity index (χ2n) is 9.25. The van der Waals surface area contributed by atoms with Crippen molar-refractivity contribution in [2.24, 2.45) is 0 Å². The Morgan fingerprint density at radius 2 is 1.85 bits per heavy atom. The van der Waals surface area contributed by atoms with Crippen molar-refractivity contribution in [3.8, 4) is 0 Å². The molecule has 0 radical (unpaired) electrons. The van der Waals surface area contributed by atoms with Gasteiger partial charge in [-0.1, -0.05) is 60.2 Å². The van der Waals surface area contributed by atoms with Crippen LogP contribution in [0.2, 0.25) is 0 Å². The molecular formula is C27H35N3O3. The maximum atomic E-state index is 13.2. The fourth-order valence-electron chi connectivity index (χ4n) is 4.58. The van der Waals surface area contributed by atoms with Gasteiger partial charge in [0.1, 0.15) is 0 Å². The van der Waals surface area contributed by atoms with Crippen LogP contribution in [0.15, 0.2) is 54.6 Å². The van der Waals surface area contributed by atoms with Crippen LogP contribution in [0.1, 0.15) is 36.0 Å². The quantitative estimate of drug-likeness (QED) is 0.670. The highest BCUT2D eigenvalue weighted by molar-refractivity contribution is 5.79. The molecule has 0 saturated carbocycles. The standard InChI is InChI=1S/C27H35N3O3/c1-21-9-11-22(12-10-21)13-15-30(20-25-8-5-17-33-25)27(32)28-24-14-16-29(19-24)26(31)18-23-6-3-2-4-7-23/h2-4,6-7,9-12,24-25H,5,8,13-20H2,1H3,(H,28,32). The van der Waals surface area contributed by atoms with Gasteiger partial charge in [-0.3, -0.25) is 4.79 Å². The lowest BCUT2D eigenvalue weighted by atomic mass is 10.1. The highest BCUT2D eigenvalue weighted by atomic mass is 16.5. The van der Waals surface area contributed by atoms with Crippen LogP contribution in [0.4, 0.5) is 4.79 Å². The molecule has 0 aromatic heterocycles. The Balaban J connectivity index is 1.30. The van der Waals surface area contributed by atoms with E-state index >= 15 is 0 Å². The van der Waals surface area contributed by atoms with E-state index in [2.05, 4.69) is 36.5 Å². The van der Waals surface area contributed by atoms with E-state index in [0.29, 0.717) is 32.6 Å². The zero-order chi connectivity index (χ0) is 23.0. The van der Waals surface area contributed by atoms with Gasteiger partial charge in [0.15, 0.2) is 0 Å². The Bertz CT molecular complexity index is 910. The number of nitrogens with one attached hydrogen (secondary N) is 1. The summed E-state index contributed by atoms with van der Waals surface area (Å²) in [7, 11) is 0. The van der Waals surface area contributed by atoms with Crippen LogP contribution in [0, 0.1) is 6.92 Å². The van der Waals surface area contributed by atoms with Crippen molar-refractivity contribution in [1.29, 1.82) is 0 Å². The summed E-state index contributed by atoms with van der Waals surface area (Å²) >= 11 is 0. The molecule has 176 valence electrons. The molecule has 2 heterocycles. The van der Waals surface area contributed by atoms with Crippen LogP contribution in [-0.2, 0) is 22.4 Å². The third kappa shape index (κ3) is 6.81. The molecule has 33 heavy (non-hydrogen) atoms. The summed E-state index contributed by atoms with van der Waals surface area (Å²) < 4.78 is 5.80. The van der Waals surface area contributed by atoms with Gasteiger partial charge in [0.2, 0.25) is 5.91 Å². The van der Waals surface area contributed by atoms with Crippen molar-refractivity contribution in [2.45, 2.75) is 51.2 Å². The topological polar surface area (TPSA) is 61.9 Å². The van der Waals surface area contributed by atoms with E-state index in [-0.39, 0.29) is 24.1 Å². The minimum Gasteiger partial charge on any atom is -0.376 e. The Labute approximate surface area is 196 Å². The zero-order valence-corrected chi connectivity index (χ0v) is 19.5. The third-order valence-corrected chi connectivity index (χ3v) is 6.59. The number of aryl methyl sites for hydroxylation is 1. The number of rotatable bonds is 8. The van der Waals surface area contributed by atoms with Crippen molar-refractivity contribution in [3.05, 3.63) is 71.3 Å². The van der Waals surface area contributed by atoms with Crippen LogP contribution in [0.25, 0.3) is 0 Å². The first kappa shape index (κ1) is 23.3. The van der Waals surface area contributed by atoms with Crippen LogP contribution >= 0.6 is 0 Å². The van der Waals surface area contributed by atoms with Crippen molar-refractivity contribution in [1.82, 2.24) is 15.1 Å². The molecule has 2 aromatic carbocycles. The number of benzene rings is 2. The first-order valence-electron chi connectivity index (χ1n) is 12.1. The molecule has 3 amide bonds. The molecule has 0 aliphatic carbocycles. The molecule has 2 fully saturated rings. The lowest BCUT2D eigenvalue weighted by molar-refractivity contribution is -0.129. The predicted octanol–water partition coefficient (Wildman–Crippen LogP) is 3.57. The summed E-state index contributed by atoms with van der Waals surface area (Å²) in [6.07, 6.45) is 4.17. The fourth-order valence-corrected chi connectivity index (χ4v) is 4.58. The summed E-state index contributed by atoms with van der Waals surface area (Å²) in [5.74, 6) is 0.119. The zero-order valence-electron chi connectivity index (χ0n) is 19.5. The van der Waals surface area contributed by atoms with Crippen LogP contribution in [0.3, 0.4) is 0 Å². The molecule has 0 spiro atoms. The Morgan fingerprint density at radius 3 is 2.58 bits per heavy atom. The summed E-state index contributed by atoms with van der Waals surface area (Å²) in [4.78, 5) is 29.6. The SMILES string of the molecule is Cc1ccc(CCN(CC2CCCO2)C(=O)NC2CCN(C(=O)Cc3ccccc3)C2)cc1. The number of ether oxygens (including phenoxy) is 1. The minimum atomic E-state index is -0.0556. The van der Waals surface area contributed by atoms with Crippen molar-refractivity contribution in [2.75, 3.05) is 32.8 Å². The number of amides is 3. The number of likely N-dealkylation sites (tertiary alicyclic amines) is 1. The second kappa shape index (κ2) is 11.3. The Kier molecular flexibility index (Phi) is 8.00. The molecular weight excluding hydrogens is 414 g/mol. The summed E-state index contributed by atoms with van der Waals surface area (Å²) in [6, 6.07) is 18.2. The molecule has 6 nitrogen and oxygen atoms in total. The van der Waals surface area contributed by atoms with Crippen molar-refractivity contribution < 1.29 is 14.3 Å². The van der Waals surface area contributed by atoms with Gasteiger partial charge in [-0.05, 0) is 43.7 Å². The summed E-state index contributed by atoms with van der Waals surface area (Å²) in [6.45, 7) is 5.38. The van der Waals surface area contributed by atoms with E-state index in [9.17, 15) is 9.59 Å². The molecule has 2 saturated heterocycles. The molecule has 0 bridgehead atoms. The molecule has 1 N–H and O–H groups in total. The van der Waals surface area contributed by atoms with Gasteiger partial charge in [0.25, 0.3) is 0 Å². The number of urea groups is 1. The number of nitrogens with zero attached hydrogens (tertiary/aromatic N) is 2. The lowest BCUT2D eigenvalue weighted by Gasteiger charge is -2.27. The number of hydrogen-bond donors (Lipinski definition) is 1. The number of carbonyl (C=O) groups is 2. The highest BCUT2D eigenvalue weighted by Crippen LogP contribution is 2.16. The Hall–Kier alpha value is -2.86. The average molecular weight is 450 g/mol. The summed E-state index contributed by atoms with van der Waals surface area (Å²) in [5.41, 5.74) is 3.48. The fraction of sp³-hybridized carbons (Fsp3) is 0.481. The van der Waals surface area contributed by atoms with E-state index in [0.717, 1.165) is 37.9 Å². The average Bonchev–Trinajstić information content (AvgIpc) is 3.50. The maximum absolute atomic E-state index is 13.2. The van der Waals surface area contributed by atoms with E-state index in [1.165, 1.54) is 11.1 Å². The van der Waals surface area contributed by atoms with Crippen LogP contribution in [-0.4, -0.2) is 66.7 Å². The Morgan fingerprint density at radius 1 is 1.06 bits per heavy atom. The monoisotopic (exact) mass is 449 g/mol. The van der Waals surface area contributed by atoms with Crippen molar-refractivity contribution >= 4 is 11.9 Å². The van der Waals surface area contributed by atoms with Gasteiger partial charge >= 0.3 is 6.03 Å². The number of hydrogen-bond acceptors (Lipinski definition) is 3. The molecule has 2 aliphatic heterocycles. The molecule has 2 aliphatic rings. The lowest BCUT2D eigenvalue weighted by Crippen LogP contribution is -2.49. The largest absolute Gasteiger partial charge is 0.376 e. The van der Waals surface area contributed by atoms with E-state index in [1.54, 1.807) is 0 Å². The predicted molar refractivity (Wildman–Crippen MR) is 129 cm³/mol.